The number of nitrogens with one attached hydrogen (secondary N) is 1. The summed E-state index contributed by atoms with van der Waals surface area (Å²) >= 11 is 1.34. The third-order valence-electron chi connectivity index (χ3n) is 3.48. The zero-order valence-corrected chi connectivity index (χ0v) is 12.4. The third kappa shape index (κ3) is 4.04. The summed E-state index contributed by atoms with van der Waals surface area (Å²) in [6, 6.07) is 2.78. The van der Waals surface area contributed by atoms with E-state index in [4.69, 9.17) is 5.11 Å². The van der Waals surface area contributed by atoms with Gasteiger partial charge >= 0.3 is 5.97 Å². The first-order valence-corrected chi connectivity index (χ1v) is 7.81. The Morgan fingerprint density at radius 1 is 1.38 bits per heavy atom. The van der Waals surface area contributed by atoms with Gasteiger partial charge < -0.3 is 15.3 Å². The van der Waals surface area contributed by atoms with Crippen LogP contribution >= 0.6 is 11.3 Å². The molecule has 1 aliphatic rings. The van der Waals surface area contributed by atoms with Crippen LogP contribution in [0.15, 0.2) is 17.5 Å². The number of thiophene rings is 1. The van der Waals surface area contributed by atoms with Crippen molar-refractivity contribution in [1.82, 2.24) is 10.2 Å². The van der Waals surface area contributed by atoms with Gasteiger partial charge in [-0.2, -0.15) is 0 Å². The fourth-order valence-corrected chi connectivity index (χ4v) is 3.05. The number of rotatable bonds is 5. The van der Waals surface area contributed by atoms with Crippen LogP contribution in [0.1, 0.15) is 35.4 Å². The highest BCUT2D eigenvalue weighted by Gasteiger charge is 2.31. The van der Waals surface area contributed by atoms with E-state index in [1.54, 1.807) is 12.1 Å². The number of carbonyl (C=O) groups excluding carboxylic acids is 2. The van der Waals surface area contributed by atoms with Gasteiger partial charge in [-0.1, -0.05) is 6.07 Å². The monoisotopic (exact) mass is 310 g/mol. The molecule has 1 aromatic rings. The van der Waals surface area contributed by atoms with Crippen LogP contribution < -0.4 is 5.32 Å². The smallest absolute Gasteiger partial charge is 0.326 e. The van der Waals surface area contributed by atoms with Crippen LogP contribution in [0.5, 0.6) is 0 Å². The Hall–Kier alpha value is -1.89. The Kier molecular flexibility index (Phi) is 5.32. The van der Waals surface area contributed by atoms with Gasteiger partial charge in [0.25, 0.3) is 5.91 Å². The minimum atomic E-state index is -0.953. The van der Waals surface area contributed by atoms with Crippen molar-refractivity contribution in [1.29, 1.82) is 0 Å². The average molecular weight is 310 g/mol. The summed E-state index contributed by atoms with van der Waals surface area (Å²) < 4.78 is 0. The lowest BCUT2D eigenvalue weighted by Gasteiger charge is -2.33. The van der Waals surface area contributed by atoms with Crippen LogP contribution in [0.25, 0.3) is 0 Å². The molecule has 0 unspecified atom stereocenters. The van der Waals surface area contributed by atoms with Crippen molar-refractivity contribution in [2.45, 2.75) is 31.7 Å². The molecule has 1 atom stereocenters. The van der Waals surface area contributed by atoms with Crippen molar-refractivity contribution in [2.75, 3.05) is 13.1 Å². The standard InChI is InChI=1S/C14H18N2O4S/c17-12(16-8-2-1-4-10(16)14(19)20)6-7-15-13(18)11-5-3-9-21-11/h3,5,9-10H,1-2,4,6-8H2,(H,15,18)(H,19,20)/t10-/m1/s1. The van der Waals surface area contributed by atoms with Crippen LogP contribution in [-0.2, 0) is 9.59 Å². The Morgan fingerprint density at radius 3 is 2.86 bits per heavy atom. The predicted molar refractivity (Wildman–Crippen MR) is 78.3 cm³/mol. The highest BCUT2D eigenvalue weighted by Crippen LogP contribution is 2.18. The van der Waals surface area contributed by atoms with Crippen molar-refractivity contribution in [2.24, 2.45) is 0 Å². The zero-order chi connectivity index (χ0) is 15.2. The number of hydrogen-bond donors (Lipinski definition) is 2. The quantitative estimate of drug-likeness (QED) is 0.859. The molecule has 0 aromatic carbocycles. The van der Waals surface area contributed by atoms with Crippen LogP contribution in [0.4, 0.5) is 0 Å². The summed E-state index contributed by atoms with van der Waals surface area (Å²) in [6.45, 7) is 0.701. The second-order valence-electron chi connectivity index (χ2n) is 4.92. The zero-order valence-electron chi connectivity index (χ0n) is 11.6. The minimum Gasteiger partial charge on any atom is -0.480 e. The van der Waals surface area contributed by atoms with Gasteiger partial charge in [-0.05, 0) is 30.7 Å². The number of amides is 2. The first-order chi connectivity index (χ1) is 10.1. The van der Waals surface area contributed by atoms with Crippen molar-refractivity contribution >= 4 is 29.1 Å². The van der Waals surface area contributed by atoms with Crippen LogP contribution in [0.2, 0.25) is 0 Å². The van der Waals surface area contributed by atoms with Crippen molar-refractivity contribution in [3.63, 3.8) is 0 Å². The molecule has 0 radical (unpaired) electrons. The Morgan fingerprint density at radius 2 is 2.19 bits per heavy atom. The van der Waals surface area contributed by atoms with Gasteiger partial charge in [0.1, 0.15) is 6.04 Å². The van der Waals surface area contributed by atoms with Gasteiger partial charge in [0.05, 0.1) is 4.88 Å². The molecule has 2 rings (SSSR count). The molecule has 114 valence electrons. The van der Waals surface area contributed by atoms with E-state index in [0.29, 0.717) is 17.8 Å². The second kappa shape index (κ2) is 7.21. The van der Waals surface area contributed by atoms with E-state index in [1.165, 1.54) is 16.2 Å². The highest BCUT2D eigenvalue weighted by molar-refractivity contribution is 7.12. The fourth-order valence-electron chi connectivity index (χ4n) is 2.41. The number of aliphatic carboxylic acids is 1. The van der Waals surface area contributed by atoms with Gasteiger partial charge in [0, 0.05) is 19.5 Å². The first kappa shape index (κ1) is 15.5. The summed E-state index contributed by atoms with van der Waals surface area (Å²) in [7, 11) is 0. The lowest BCUT2D eigenvalue weighted by Crippen LogP contribution is -2.48. The van der Waals surface area contributed by atoms with Crippen LogP contribution in [0, 0.1) is 0 Å². The van der Waals surface area contributed by atoms with E-state index >= 15 is 0 Å². The Labute approximate surface area is 126 Å². The maximum atomic E-state index is 12.1. The normalized spacial score (nSPS) is 18.3. The number of carbonyl (C=O) groups is 3. The van der Waals surface area contributed by atoms with Crippen LogP contribution in [-0.4, -0.2) is 46.9 Å². The predicted octanol–water partition coefficient (Wildman–Crippen LogP) is 1.33. The SMILES string of the molecule is O=C(NCCC(=O)N1CCCC[C@@H]1C(=O)O)c1cccs1. The topological polar surface area (TPSA) is 86.7 Å². The summed E-state index contributed by atoms with van der Waals surface area (Å²) in [5.74, 6) is -1.37. The average Bonchev–Trinajstić information content (AvgIpc) is 3.01. The largest absolute Gasteiger partial charge is 0.480 e. The van der Waals surface area contributed by atoms with E-state index in [2.05, 4.69) is 5.32 Å². The molecular formula is C14H18N2O4S. The molecule has 0 spiro atoms. The summed E-state index contributed by atoms with van der Waals surface area (Å²) in [4.78, 5) is 37.0. The highest BCUT2D eigenvalue weighted by atomic mass is 32.1. The van der Waals surface area contributed by atoms with Gasteiger partial charge in [-0.15, -0.1) is 11.3 Å². The van der Waals surface area contributed by atoms with Crippen molar-refractivity contribution in [3.05, 3.63) is 22.4 Å². The Balaban J connectivity index is 1.81. The molecule has 2 amide bonds. The molecule has 2 heterocycles. The minimum absolute atomic E-state index is 0.126. The van der Waals surface area contributed by atoms with E-state index in [0.717, 1.165) is 12.8 Å². The number of piperidine rings is 1. The van der Waals surface area contributed by atoms with Gasteiger partial charge in [-0.3, -0.25) is 9.59 Å². The molecule has 21 heavy (non-hydrogen) atoms. The lowest BCUT2D eigenvalue weighted by molar-refractivity contribution is -0.152. The molecule has 1 aliphatic heterocycles. The molecule has 6 nitrogen and oxygen atoms in total. The molecule has 0 bridgehead atoms. The van der Waals surface area contributed by atoms with Crippen molar-refractivity contribution in [3.8, 4) is 0 Å². The number of likely N-dealkylation sites (tertiary alicyclic amines) is 1. The molecular weight excluding hydrogens is 292 g/mol. The third-order valence-corrected chi connectivity index (χ3v) is 4.35. The lowest BCUT2D eigenvalue weighted by atomic mass is 10.0. The molecule has 2 N–H and O–H groups in total. The summed E-state index contributed by atoms with van der Waals surface area (Å²) in [5, 5.41) is 13.6. The molecule has 1 saturated heterocycles. The van der Waals surface area contributed by atoms with Gasteiger partial charge in [-0.25, -0.2) is 4.79 Å². The summed E-state index contributed by atoms with van der Waals surface area (Å²) in [6.07, 6.45) is 2.29. The van der Waals surface area contributed by atoms with E-state index in [1.807, 2.05) is 5.38 Å². The fraction of sp³-hybridized carbons (Fsp3) is 0.500. The number of hydrogen-bond acceptors (Lipinski definition) is 4. The van der Waals surface area contributed by atoms with E-state index in [-0.39, 0.29) is 24.8 Å². The maximum absolute atomic E-state index is 12.1. The number of carboxylic acid groups (broad SMARTS) is 1. The summed E-state index contributed by atoms with van der Waals surface area (Å²) in [5.41, 5.74) is 0. The van der Waals surface area contributed by atoms with Gasteiger partial charge in [0.2, 0.25) is 5.91 Å². The molecule has 1 fully saturated rings. The van der Waals surface area contributed by atoms with E-state index in [9.17, 15) is 14.4 Å². The first-order valence-electron chi connectivity index (χ1n) is 6.93. The molecule has 0 aliphatic carbocycles. The molecule has 1 aromatic heterocycles. The molecule has 0 saturated carbocycles. The van der Waals surface area contributed by atoms with Crippen molar-refractivity contribution < 1.29 is 19.5 Å². The Bertz CT molecular complexity index is 515. The van der Waals surface area contributed by atoms with E-state index < -0.39 is 12.0 Å². The number of carboxylic acids is 1. The van der Waals surface area contributed by atoms with Gasteiger partial charge in [0.15, 0.2) is 0 Å². The molecule has 7 heteroatoms. The van der Waals surface area contributed by atoms with Crippen LogP contribution in [0.3, 0.4) is 0 Å². The maximum Gasteiger partial charge on any atom is 0.326 e. The second-order valence-corrected chi connectivity index (χ2v) is 5.87. The number of nitrogens with zero attached hydrogens (tertiary/aromatic N) is 1.